The smallest absolute Gasteiger partial charge is 0.123 e. The fourth-order valence-electron chi connectivity index (χ4n) is 2.32. The molecule has 0 aromatic heterocycles. The zero-order chi connectivity index (χ0) is 15.4. The van der Waals surface area contributed by atoms with Crippen molar-refractivity contribution in [2.45, 2.75) is 19.5 Å². The Morgan fingerprint density at radius 3 is 2.48 bits per heavy atom. The summed E-state index contributed by atoms with van der Waals surface area (Å²) in [6.45, 7) is 2.88. The van der Waals surface area contributed by atoms with E-state index in [9.17, 15) is 4.39 Å². The molecule has 2 rings (SSSR count). The van der Waals surface area contributed by atoms with Gasteiger partial charge in [0.2, 0.25) is 0 Å². The van der Waals surface area contributed by atoms with Crippen LogP contribution in [0.3, 0.4) is 0 Å². The van der Waals surface area contributed by atoms with Gasteiger partial charge in [0.1, 0.15) is 5.82 Å². The van der Waals surface area contributed by atoms with E-state index in [1.165, 1.54) is 23.4 Å². The van der Waals surface area contributed by atoms with Crippen LogP contribution in [0.15, 0.2) is 46.9 Å². The zero-order valence-electron chi connectivity index (χ0n) is 12.5. The molecule has 1 atom stereocenters. The standard InChI is InChI=1S/C17H20BrFN2/c1-12(20-2)16-10-14(18)6-9-17(16)21(3)11-13-4-7-15(19)8-5-13/h4-10,12,20H,11H2,1-3H3. The second-order valence-corrected chi connectivity index (χ2v) is 6.11. The third-order valence-electron chi connectivity index (χ3n) is 3.63. The van der Waals surface area contributed by atoms with Crippen LogP contribution in [-0.4, -0.2) is 14.1 Å². The van der Waals surface area contributed by atoms with Crippen molar-refractivity contribution in [2.24, 2.45) is 0 Å². The van der Waals surface area contributed by atoms with E-state index < -0.39 is 0 Å². The molecule has 1 unspecified atom stereocenters. The quantitative estimate of drug-likeness (QED) is 0.853. The first kappa shape index (κ1) is 16.0. The molecule has 2 nitrogen and oxygen atoms in total. The van der Waals surface area contributed by atoms with E-state index in [-0.39, 0.29) is 11.9 Å². The molecule has 0 aliphatic heterocycles. The van der Waals surface area contributed by atoms with Crippen molar-refractivity contribution in [3.05, 3.63) is 63.9 Å². The Labute approximate surface area is 134 Å². The van der Waals surface area contributed by atoms with Crippen LogP contribution in [0.1, 0.15) is 24.1 Å². The third kappa shape index (κ3) is 4.05. The molecule has 0 saturated heterocycles. The predicted octanol–water partition coefficient (Wildman–Crippen LogP) is 4.51. The fourth-order valence-corrected chi connectivity index (χ4v) is 2.70. The molecule has 0 spiro atoms. The molecule has 112 valence electrons. The van der Waals surface area contributed by atoms with Crippen LogP contribution in [0.2, 0.25) is 0 Å². The van der Waals surface area contributed by atoms with Gasteiger partial charge in [0, 0.05) is 29.8 Å². The monoisotopic (exact) mass is 350 g/mol. The highest BCUT2D eigenvalue weighted by atomic mass is 79.9. The highest BCUT2D eigenvalue weighted by Crippen LogP contribution is 2.29. The normalized spacial score (nSPS) is 12.2. The zero-order valence-corrected chi connectivity index (χ0v) is 14.1. The first-order chi connectivity index (χ1) is 10.0. The van der Waals surface area contributed by atoms with Gasteiger partial charge in [0.25, 0.3) is 0 Å². The molecular formula is C17H20BrFN2. The van der Waals surface area contributed by atoms with E-state index in [4.69, 9.17) is 0 Å². The average molecular weight is 351 g/mol. The Bertz CT molecular complexity index is 598. The minimum absolute atomic E-state index is 0.200. The van der Waals surface area contributed by atoms with E-state index >= 15 is 0 Å². The summed E-state index contributed by atoms with van der Waals surface area (Å²) in [7, 11) is 4.01. The molecule has 2 aromatic rings. The van der Waals surface area contributed by atoms with Gasteiger partial charge in [-0.3, -0.25) is 0 Å². The molecule has 0 fully saturated rings. The molecule has 0 aliphatic rings. The lowest BCUT2D eigenvalue weighted by Gasteiger charge is -2.25. The summed E-state index contributed by atoms with van der Waals surface area (Å²) < 4.78 is 14.0. The van der Waals surface area contributed by atoms with Gasteiger partial charge in [-0.1, -0.05) is 28.1 Å². The third-order valence-corrected chi connectivity index (χ3v) is 4.13. The second-order valence-electron chi connectivity index (χ2n) is 5.20. The van der Waals surface area contributed by atoms with E-state index in [2.05, 4.69) is 52.3 Å². The van der Waals surface area contributed by atoms with Crippen LogP contribution in [0, 0.1) is 5.82 Å². The van der Waals surface area contributed by atoms with Crippen LogP contribution in [0.25, 0.3) is 0 Å². The Balaban J connectivity index is 2.26. The largest absolute Gasteiger partial charge is 0.370 e. The minimum Gasteiger partial charge on any atom is -0.370 e. The SMILES string of the molecule is CNC(C)c1cc(Br)ccc1N(C)Cc1ccc(F)cc1. The van der Waals surface area contributed by atoms with Crippen molar-refractivity contribution in [3.8, 4) is 0 Å². The van der Waals surface area contributed by atoms with E-state index in [0.717, 1.165) is 16.6 Å². The molecule has 21 heavy (non-hydrogen) atoms. The summed E-state index contributed by atoms with van der Waals surface area (Å²) in [4.78, 5) is 2.18. The number of hydrogen-bond donors (Lipinski definition) is 1. The summed E-state index contributed by atoms with van der Waals surface area (Å²) in [6, 6.07) is 13.2. The molecule has 4 heteroatoms. The summed E-state index contributed by atoms with van der Waals surface area (Å²) >= 11 is 3.53. The van der Waals surface area contributed by atoms with Crippen molar-refractivity contribution in [1.29, 1.82) is 0 Å². The van der Waals surface area contributed by atoms with E-state index in [1.54, 1.807) is 0 Å². The van der Waals surface area contributed by atoms with Crippen molar-refractivity contribution in [1.82, 2.24) is 5.32 Å². The van der Waals surface area contributed by atoms with Gasteiger partial charge in [-0.25, -0.2) is 4.39 Å². The number of rotatable bonds is 5. The van der Waals surface area contributed by atoms with Crippen molar-refractivity contribution >= 4 is 21.6 Å². The van der Waals surface area contributed by atoms with E-state index in [0.29, 0.717) is 0 Å². The minimum atomic E-state index is -0.200. The number of nitrogens with one attached hydrogen (secondary N) is 1. The Morgan fingerprint density at radius 2 is 1.86 bits per heavy atom. The van der Waals surface area contributed by atoms with Crippen LogP contribution in [-0.2, 0) is 6.54 Å². The number of hydrogen-bond acceptors (Lipinski definition) is 2. The van der Waals surface area contributed by atoms with Gasteiger partial charge in [0.15, 0.2) is 0 Å². The van der Waals surface area contributed by atoms with Crippen LogP contribution < -0.4 is 10.2 Å². The van der Waals surface area contributed by atoms with Gasteiger partial charge in [-0.05, 0) is 55.4 Å². The van der Waals surface area contributed by atoms with Crippen LogP contribution in [0.5, 0.6) is 0 Å². The topological polar surface area (TPSA) is 15.3 Å². The van der Waals surface area contributed by atoms with Gasteiger partial charge >= 0.3 is 0 Å². The highest BCUT2D eigenvalue weighted by molar-refractivity contribution is 9.10. The first-order valence-electron chi connectivity index (χ1n) is 6.93. The summed E-state index contributed by atoms with van der Waals surface area (Å²) in [5, 5.41) is 3.28. The molecule has 2 aromatic carbocycles. The molecule has 0 amide bonds. The van der Waals surface area contributed by atoms with E-state index in [1.807, 2.05) is 25.2 Å². The van der Waals surface area contributed by atoms with Gasteiger partial charge in [-0.2, -0.15) is 0 Å². The number of anilines is 1. The van der Waals surface area contributed by atoms with Crippen LogP contribution >= 0.6 is 15.9 Å². The number of benzene rings is 2. The van der Waals surface area contributed by atoms with Gasteiger partial charge in [0.05, 0.1) is 0 Å². The highest BCUT2D eigenvalue weighted by Gasteiger charge is 2.13. The molecule has 0 bridgehead atoms. The first-order valence-corrected chi connectivity index (χ1v) is 7.73. The maximum atomic E-state index is 13.0. The Kier molecular flexibility index (Phi) is 5.37. The Morgan fingerprint density at radius 1 is 1.19 bits per heavy atom. The van der Waals surface area contributed by atoms with Crippen molar-refractivity contribution < 1.29 is 4.39 Å². The number of halogens is 2. The maximum Gasteiger partial charge on any atom is 0.123 e. The molecule has 0 heterocycles. The van der Waals surface area contributed by atoms with Crippen molar-refractivity contribution in [3.63, 3.8) is 0 Å². The molecule has 0 radical (unpaired) electrons. The van der Waals surface area contributed by atoms with Gasteiger partial charge < -0.3 is 10.2 Å². The van der Waals surface area contributed by atoms with Gasteiger partial charge in [-0.15, -0.1) is 0 Å². The average Bonchev–Trinajstić information content (AvgIpc) is 2.48. The predicted molar refractivity (Wildman–Crippen MR) is 90.1 cm³/mol. The Hall–Kier alpha value is -1.39. The summed E-state index contributed by atoms with van der Waals surface area (Å²) in [5.74, 6) is -0.200. The lowest BCUT2D eigenvalue weighted by Crippen LogP contribution is -2.21. The fraction of sp³-hybridized carbons (Fsp3) is 0.294. The molecular weight excluding hydrogens is 331 g/mol. The molecule has 0 saturated carbocycles. The lowest BCUT2D eigenvalue weighted by atomic mass is 10.0. The number of nitrogens with zero attached hydrogens (tertiary/aromatic N) is 1. The molecule has 0 aliphatic carbocycles. The maximum absolute atomic E-state index is 13.0. The second kappa shape index (κ2) is 7.05. The van der Waals surface area contributed by atoms with Crippen LogP contribution in [0.4, 0.5) is 10.1 Å². The summed E-state index contributed by atoms with van der Waals surface area (Å²) in [6.07, 6.45) is 0. The summed E-state index contributed by atoms with van der Waals surface area (Å²) in [5.41, 5.74) is 3.49. The van der Waals surface area contributed by atoms with Crippen molar-refractivity contribution in [2.75, 3.05) is 19.0 Å². The lowest BCUT2D eigenvalue weighted by molar-refractivity contribution is 0.626. The molecule has 1 N–H and O–H groups in total.